The van der Waals surface area contributed by atoms with E-state index in [1.807, 2.05) is 0 Å². The minimum atomic E-state index is 0.287. The van der Waals surface area contributed by atoms with E-state index in [-0.39, 0.29) is 10.8 Å². The Morgan fingerprint density at radius 3 is 1.27 bits per heavy atom. The van der Waals surface area contributed by atoms with Crippen molar-refractivity contribution in [1.29, 1.82) is 0 Å². The lowest BCUT2D eigenvalue weighted by Crippen LogP contribution is -2.33. The zero-order valence-corrected chi connectivity index (χ0v) is 15.3. The highest BCUT2D eigenvalue weighted by Crippen LogP contribution is 2.65. The van der Waals surface area contributed by atoms with Gasteiger partial charge in [-0.2, -0.15) is 10.2 Å². The molecule has 4 rings (SSSR count). The van der Waals surface area contributed by atoms with Crippen molar-refractivity contribution in [2.24, 2.45) is 43.7 Å². The quantitative estimate of drug-likeness (QED) is 0.573. The van der Waals surface area contributed by atoms with Gasteiger partial charge in [-0.05, 0) is 61.2 Å². The molecule has 4 aliphatic carbocycles. The van der Waals surface area contributed by atoms with Gasteiger partial charge in [0.2, 0.25) is 0 Å². The van der Waals surface area contributed by atoms with E-state index in [9.17, 15) is 0 Å². The number of hydrogen-bond donors (Lipinski definition) is 0. The second-order valence-electron chi connectivity index (χ2n) is 10.1. The van der Waals surface area contributed by atoms with Crippen LogP contribution in [0, 0.1) is 33.5 Å². The van der Waals surface area contributed by atoms with Crippen molar-refractivity contribution < 1.29 is 0 Å². The molecule has 0 saturated heterocycles. The van der Waals surface area contributed by atoms with Crippen LogP contribution < -0.4 is 0 Å². The standard InChI is InChI=1S/C20H32N2/c1-17(2)13-7-9-19(17,5)15(11-13)21-22-16-12-14-8-10-20(16,6)18(14,3)4/h13-14H,7-12H2,1-6H3/b21-15-,22-16-/t13-,14+,19-,20+. The van der Waals surface area contributed by atoms with Crippen molar-refractivity contribution in [3.8, 4) is 0 Å². The molecule has 2 nitrogen and oxygen atoms in total. The number of fused-ring (bicyclic) bond motifs is 4. The van der Waals surface area contributed by atoms with Crippen molar-refractivity contribution in [3.63, 3.8) is 0 Å². The number of hydrogen-bond acceptors (Lipinski definition) is 2. The van der Waals surface area contributed by atoms with Crippen molar-refractivity contribution >= 4 is 11.4 Å². The molecule has 0 aromatic carbocycles. The highest BCUT2D eigenvalue weighted by atomic mass is 15.2. The van der Waals surface area contributed by atoms with Crippen molar-refractivity contribution in [1.82, 2.24) is 0 Å². The fourth-order valence-corrected chi connectivity index (χ4v) is 6.28. The smallest absolute Gasteiger partial charge is 0.0473 e. The summed E-state index contributed by atoms with van der Waals surface area (Å²) in [4.78, 5) is 0. The average molecular weight is 300 g/mol. The van der Waals surface area contributed by atoms with Crippen molar-refractivity contribution in [3.05, 3.63) is 0 Å². The highest BCUT2D eigenvalue weighted by molar-refractivity contribution is 5.97. The molecule has 0 aliphatic heterocycles. The van der Waals surface area contributed by atoms with E-state index in [0.717, 1.165) is 11.8 Å². The first kappa shape index (κ1) is 14.9. The van der Waals surface area contributed by atoms with Crippen LogP contribution in [0.4, 0.5) is 0 Å². The van der Waals surface area contributed by atoms with E-state index in [0.29, 0.717) is 10.8 Å². The molecule has 0 unspecified atom stereocenters. The van der Waals surface area contributed by atoms with Crippen LogP contribution in [0.15, 0.2) is 10.2 Å². The van der Waals surface area contributed by atoms with Gasteiger partial charge in [0.05, 0.1) is 0 Å². The van der Waals surface area contributed by atoms with E-state index >= 15 is 0 Å². The van der Waals surface area contributed by atoms with Crippen molar-refractivity contribution in [2.45, 2.75) is 80.1 Å². The van der Waals surface area contributed by atoms with Gasteiger partial charge in [0, 0.05) is 22.3 Å². The van der Waals surface area contributed by atoms with Crippen LogP contribution in [0.2, 0.25) is 0 Å². The van der Waals surface area contributed by atoms with Crippen LogP contribution in [0.3, 0.4) is 0 Å². The zero-order chi connectivity index (χ0) is 16.0. The summed E-state index contributed by atoms with van der Waals surface area (Å²) < 4.78 is 0. The molecule has 0 N–H and O–H groups in total. The van der Waals surface area contributed by atoms with Gasteiger partial charge in [-0.15, -0.1) is 0 Å². The lowest BCUT2D eigenvalue weighted by atomic mass is 9.70. The maximum atomic E-state index is 4.89. The van der Waals surface area contributed by atoms with Crippen LogP contribution in [0.25, 0.3) is 0 Å². The zero-order valence-electron chi connectivity index (χ0n) is 15.3. The lowest BCUT2D eigenvalue weighted by Gasteiger charge is -2.35. The number of rotatable bonds is 1. The molecule has 0 spiro atoms. The Bertz CT molecular complexity index is 531. The predicted molar refractivity (Wildman–Crippen MR) is 93.3 cm³/mol. The van der Waals surface area contributed by atoms with Gasteiger partial charge in [0.15, 0.2) is 0 Å². The van der Waals surface area contributed by atoms with E-state index in [1.54, 1.807) is 0 Å². The van der Waals surface area contributed by atoms with Crippen LogP contribution >= 0.6 is 0 Å². The first-order chi connectivity index (χ1) is 10.1. The largest absolute Gasteiger partial charge is 0.160 e. The molecule has 0 heterocycles. The van der Waals surface area contributed by atoms with Gasteiger partial charge in [0.25, 0.3) is 0 Å². The third-order valence-corrected chi connectivity index (χ3v) is 9.32. The molecule has 4 fully saturated rings. The fourth-order valence-electron chi connectivity index (χ4n) is 6.28. The Kier molecular flexibility index (Phi) is 2.74. The van der Waals surface area contributed by atoms with Gasteiger partial charge in [0.1, 0.15) is 0 Å². The second kappa shape index (κ2) is 4.05. The van der Waals surface area contributed by atoms with Crippen molar-refractivity contribution in [2.75, 3.05) is 0 Å². The molecule has 0 amide bonds. The fraction of sp³-hybridized carbons (Fsp3) is 0.900. The molecular weight excluding hydrogens is 268 g/mol. The summed E-state index contributed by atoms with van der Waals surface area (Å²) >= 11 is 0. The Morgan fingerprint density at radius 2 is 1.05 bits per heavy atom. The molecule has 4 saturated carbocycles. The maximum Gasteiger partial charge on any atom is 0.0473 e. The summed E-state index contributed by atoms with van der Waals surface area (Å²) in [6.07, 6.45) is 7.74. The molecule has 122 valence electrons. The molecule has 2 heteroatoms. The third-order valence-electron chi connectivity index (χ3n) is 9.32. The summed E-state index contributed by atoms with van der Waals surface area (Å²) in [5.41, 5.74) is 4.18. The summed E-state index contributed by atoms with van der Waals surface area (Å²) in [6.45, 7) is 14.7. The molecule has 22 heavy (non-hydrogen) atoms. The van der Waals surface area contributed by atoms with E-state index in [4.69, 9.17) is 10.2 Å². The van der Waals surface area contributed by atoms with Gasteiger partial charge in [-0.25, -0.2) is 0 Å². The first-order valence-electron chi connectivity index (χ1n) is 9.27. The first-order valence-corrected chi connectivity index (χ1v) is 9.27. The Hall–Kier alpha value is -0.660. The average Bonchev–Trinajstić information content (AvgIpc) is 2.95. The summed E-state index contributed by atoms with van der Waals surface area (Å²) in [5, 5.41) is 9.78. The minimum Gasteiger partial charge on any atom is -0.160 e. The third kappa shape index (κ3) is 1.48. The normalized spacial score (nSPS) is 51.4. The summed E-state index contributed by atoms with van der Waals surface area (Å²) in [5.74, 6) is 1.65. The van der Waals surface area contributed by atoms with Gasteiger partial charge in [-0.3, -0.25) is 0 Å². The summed E-state index contributed by atoms with van der Waals surface area (Å²) in [6, 6.07) is 0. The maximum absolute atomic E-state index is 4.89. The summed E-state index contributed by atoms with van der Waals surface area (Å²) in [7, 11) is 0. The van der Waals surface area contributed by atoms with Crippen LogP contribution in [0.1, 0.15) is 80.1 Å². The van der Waals surface area contributed by atoms with Gasteiger partial charge < -0.3 is 0 Å². The topological polar surface area (TPSA) is 24.7 Å². The molecule has 0 aromatic rings. The van der Waals surface area contributed by atoms with E-state index < -0.39 is 0 Å². The highest BCUT2D eigenvalue weighted by Gasteiger charge is 2.61. The Balaban J connectivity index is 1.67. The molecule has 4 atom stereocenters. The molecule has 0 aromatic heterocycles. The molecule has 4 bridgehead atoms. The van der Waals surface area contributed by atoms with Gasteiger partial charge in [-0.1, -0.05) is 41.5 Å². The minimum absolute atomic E-state index is 0.287. The number of nitrogens with zero attached hydrogens (tertiary/aromatic N) is 2. The molecular formula is C20H32N2. The molecule has 0 radical (unpaired) electrons. The van der Waals surface area contributed by atoms with Crippen LogP contribution in [0.5, 0.6) is 0 Å². The Labute approximate surface area is 135 Å². The molecule has 4 aliphatic rings. The monoisotopic (exact) mass is 300 g/mol. The van der Waals surface area contributed by atoms with Crippen LogP contribution in [-0.2, 0) is 0 Å². The van der Waals surface area contributed by atoms with Gasteiger partial charge >= 0.3 is 0 Å². The van der Waals surface area contributed by atoms with Crippen LogP contribution in [-0.4, -0.2) is 11.4 Å². The van der Waals surface area contributed by atoms with E-state index in [1.165, 1.54) is 49.9 Å². The van der Waals surface area contributed by atoms with E-state index in [2.05, 4.69) is 41.5 Å². The lowest BCUT2D eigenvalue weighted by molar-refractivity contribution is 0.193. The SMILES string of the molecule is CC1(C)[C@H]2CC[C@@]1(C)/C(=N\N=C1\C[C@H]3CC[C@@]1(C)C3(C)C)C2. The Morgan fingerprint density at radius 1 is 0.682 bits per heavy atom. The second-order valence-corrected chi connectivity index (χ2v) is 10.1. The predicted octanol–water partition coefficient (Wildman–Crippen LogP) is 5.48.